The van der Waals surface area contributed by atoms with Crippen molar-refractivity contribution in [3.63, 3.8) is 0 Å². The first-order valence-corrected chi connectivity index (χ1v) is 12.7. The second-order valence-corrected chi connectivity index (χ2v) is 9.26. The van der Waals surface area contributed by atoms with Crippen LogP contribution < -0.4 is 16.4 Å². The Morgan fingerprint density at radius 2 is 1.88 bits per heavy atom. The number of nitrogens with zero attached hydrogens (tertiary/aromatic N) is 2. The standard InChI is InChI=1S/C26H39N5S2/c1-6-10-21(12-9-19-33-8-3)15-16-28-24-20-22(30-26(27)25(32)11-7-2)13-14-23(24)29-17-18-31(4)5/h6-7,9-14,20,28-29,32H,1-2,8,15-19H2,3-5H3,(H2,27,30)/b12-9-,21-10+,25-11-. The Labute approximate surface area is 210 Å². The number of anilines is 2. The molecule has 0 spiro atoms. The van der Waals surface area contributed by atoms with Gasteiger partial charge in [-0.05, 0) is 56.1 Å². The molecule has 0 bridgehead atoms. The van der Waals surface area contributed by atoms with E-state index < -0.39 is 0 Å². The number of rotatable bonds is 16. The van der Waals surface area contributed by atoms with Crippen molar-refractivity contribution in [3.05, 3.63) is 78.3 Å². The van der Waals surface area contributed by atoms with Crippen molar-refractivity contribution in [1.29, 1.82) is 0 Å². The maximum absolute atomic E-state index is 6.07. The van der Waals surface area contributed by atoms with Gasteiger partial charge in [0.15, 0.2) is 0 Å². The van der Waals surface area contributed by atoms with E-state index in [1.165, 1.54) is 5.57 Å². The molecule has 0 aliphatic rings. The third-order valence-corrected chi connectivity index (χ3v) is 5.69. The fourth-order valence-electron chi connectivity index (χ4n) is 2.81. The molecule has 0 aromatic heterocycles. The van der Waals surface area contributed by atoms with Gasteiger partial charge in [-0.25, -0.2) is 4.99 Å². The lowest BCUT2D eigenvalue weighted by Crippen LogP contribution is -2.21. The summed E-state index contributed by atoms with van der Waals surface area (Å²) in [6.07, 6.45) is 12.5. The molecular weight excluding hydrogens is 446 g/mol. The fourth-order valence-corrected chi connectivity index (χ4v) is 3.43. The SMILES string of the molecule is C=C/C=C(\C=C/CSCC)CCNc1cc(N=C(N)/C(S)=C/C=C)ccc1NCCN(C)C. The van der Waals surface area contributed by atoms with E-state index in [1.807, 2.05) is 36.0 Å². The van der Waals surface area contributed by atoms with Crippen molar-refractivity contribution >= 4 is 47.3 Å². The van der Waals surface area contributed by atoms with Crippen LogP contribution in [0.1, 0.15) is 13.3 Å². The number of allylic oxidation sites excluding steroid dienone is 5. The van der Waals surface area contributed by atoms with Gasteiger partial charge in [-0.1, -0.05) is 50.5 Å². The summed E-state index contributed by atoms with van der Waals surface area (Å²) in [6.45, 7) is 12.3. The first kappa shape index (κ1) is 28.7. The number of thiol groups is 1. The second-order valence-electron chi connectivity index (χ2n) is 7.46. The Hall–Kier alpha value is -2.35. The van der Waals surface area contributed by atoms with Crippen LogP contribution in [0.3, 0.4) is 0 Å². The minimum absolute atomic E-state index is 0.351. The lowest BCUT2D eigenvalue weighted by Gasteiger charge is -2.17. The molecule has 33 heavy (non-hydrogen) atoms. The van der Waals surface area contributed by atoms with E-state index in [0.717, 1.165) is 54.6 Å². The Morgan fingerprint density at radius 3 is 2.55 bits per heavy atom. The van der Waals surface area contributed by atoms with E-state index >= 15 is 0 Å². The summed E-state index contributed by atoms with van der Waals surface area (Å²) in [5.74, 6) is 2.49. The topological polar surface area (TPSA) is 65.7 Å². The number of amidine groups is 1. The van der Waals surface area contributed by atoms with Gasteiger partial charge in [0.05, 0.1) is 17.1 Å². The molecule has 4 N–H and O–H groups in total. The average molecular weight is 486 g/mol. The maximum Gasteiger partial charge on any atom is 0.137 e. The molecule has 0 saturated heterocycles. The van der Waals surface area contributed by atoms with Crippen molar-refractivity contribution in [2.24, 2.45) is 10.7 Å². The third-order valence-electron chi connectivity index (χ3n) is 4.48. The zero-order valence-electron chi connectivity index (χ0n) is 20.2. The highest BCUT2D eigenvalue weighted by atomic mass is 32.2. The number of thioether (sulfide) groups is 1. The van der Waals surface area contributed by atoms with Gasteiger partial charge in [0.25, 0.3) is 0 Å². The van der Waals surface area contributed by atoms with E-state index in [0.29, 0.717) is 10.7 Å². The number of hydrogen-bond donors (Lipinski definition) is 4. The van der Waals surface area contributed by atoms with Crippen molar-refractivity contribution < 1.29 is 0 Å². The van der Waals surface area contributed by atoms with Crippen LogP contribution >= 0.6 is 24.4 Å². The Morgan fingerprint density at radius 1 is 1.15 bits per heavy atom. The highest BCUT2D eigenvalue weighted by Gasteiger charge is 2.06. The first-order valence-electron chi connectivity index (χ1n) is 11.1. The van der Waals surface area contributed by atoms with Crippen LogP contribution in [0.5, 0.6) is 0 Å². The number of nitrogens with one attached hydrogen (secondary N) is 2. The van der Waals surface area contributed by atoms with Gasteiger partial charge in [-0.15, -0.1) is 12.6 Å². The maximum atomic E-state index is 6.07. The summed E-state index contributed by atoms with van der Waals surface area (Å²) < 4.78 is 0. The zero-order chi connectivity index (χ0) is 24.5. The van der Waals surface area contributed by atoms with Gasteiger partial charge < -0.3 is 21.3 Å². The van der Waals surface area contributed by atoms with Crippen LogP contribution in [0.15, 0.2) is 83.3 Å². The summed E-state index contributed by atoms with van der Waals surface area (Å²) in [4.78, 5) is 7.24. The number of likely N-dealkylation sites (N-methyl/N-ethyl adjacent to an activating group) is 1. The predicted molar refractivity (Wildman–Crippen MR) is 156 cm³/mol. The summed E-state index contributed by atoms with van der Waals surface area (Å²) in [6, 6.07) is 5.98. The molecule has 0 saturated carbocycles. The summed E-state index contributed by atoms with van der Waals surface area (Å²) in [5.41, 5.74) is 10.1. The average Bonchev–Trinajstić information content (AvgIpc) is 2.77. The van der Waals surface area contributed by atoms with Gasteiger partial charge >= 0.3 is 0 Å². The normalized spacial score (nSPS) is 12.9. The number of nitrogens with two attached hydrogens (primary N) is 1. The molecule has 0 fully saturated rings. The van der Waals surface area contributed by atoms with Gasteiger partial charge in [-0.2, -0.15) is 11.8 Å². The van der Waals surface area contributed by atoms with Crippen molar-refractivity contribution in [2.75, 3.05) is 55.9 Å². The molecule has 1 rings (SSSR count). The van der Waals surface area contributed by atoms with E-state index in [4.69, 9.17) is 5.73 Å². The minimum Gasteiger partial charge on any atom is -0.383 e. The smallest absolute Gasteiger partial charge is 0.137 e. The predicted octanol–water partition coefficient (Wildman–Crippen LogP) is 5.87. The molecule has 5 nitrogen and oxygen atoms in total. The van der Waals surface area contributed by atoms with Crippen molar-refractivity contribution in [2.45, 2.75) is 13.3 Å². The Bertz CT molecular complexity index is 869. The Balaban J connectivity index is 2.99. The van der Waals surface area contributed by atoms with Crippen LogP contribution in [0.4, 0.5) is 17.1 Å². The molecule has 0 unspecified atom stereocenters. The van der Waals surface area contributed by atoms with Gasteiger partial charge in [-0.3, -0.25) is 0 Å². The first-order chi connectivity index (χ1) is 15.9. The monoisotopic (exact) mass is 485 g/mol. The van der Waals surface area contributed by atoms with Gasteiger partial charge in [0.1, 0.15) is 5.84 Å². The molecule has 0 heterocycles. The molecule has 7 heteroatoms. The molecule has 0 atom stereocenters. The highest BCUT2D eigenvalue weighted by molar-refractivity contribution is 7.99. The van der Waals surface area contributed by atoms with E-state index in [-0.39, 0.29) is 0 Å². The lowest BCUT2D eigenvalue weighted by atomic mass is 10.1. The molecule has 1 aromatic carbocycles. The van der Waals surface area contributed by atoms with Crippen LogP contribution in [-0.4, -0.2) is 56.0 Å². The molecule has 1 aromatic rings. The summed E-state index contributed by atoms with van der Waals surface area (Å²) >= 11 is 6.27. The van der Waals surface area contributed by atoms with Crippen LogP contribution in [0.25, 0.3) is 0 Å². The number of hydrogen-bond acceptors (Lipinski definition) is 6. The second kappa shape index (κ2) is 17.2. The summed E-state index contributed by atoms with van der Waals surface area (Å²) in [7, 11) is 4.13. The van der Waals surface area contributed by atoms with E-state index in [2.05, 4.69) is 85.6 Å². The fraction of sp³-hybridized carbons (Fsp3) is 0.346. The highest BCUT2D eigenvalue weighted by Crippen LogP contribution is 2.28. The van der Waals surface area contributed by atoms with E-state index in [9.17, 15) is 0 Å². The number of aliphatic imine (C=N–C) groups is 1. The zero-order valence-corrected chi connectivity index (χ0v) is 21.9. The minimum atomic E-state index is 0.351. The quantitative estimate of drug-likeness (QED) is 0.0775. The molecule has 0 radical (unpaired) electrons. The molecule has 180 valence electrons. The van der Waals surface area contributed by atoms with Crippen molar-refractivity contribution in [3.8, 4) is 0 Å². The van der Waals surface area contributed by atoms with Gasteiger partial charge in [0, 0.05) is 30.3 Å². The summed E-state index contributed by atoms with van der Waals surface area (Å²) in [5, 5.41) is 7.07. The van der Waals surface area contributed by atoms with Crippen LogP contribution in [-0.2, 0) is 0 Å². The molecule has 0 aliphatic heterocycles. The van der Waals surface area contributed by atoms with Crippen LogP contribution in [0, 0.1) is 0 Å². The van der Waals surface area contributed by atoms with Crippen LogP contribution in [0.2, 0.25) is 0 Å². The number of benzene rings is 1. The Kier molecular flexibility index (Phi) is 14.9. The van der Waals surface area contributed by atoms with E-state index in [1.54, 1.807) is 12.2 Å². The molecule has 0 aliphatic carbocycles. The molecular formula is C26H39N5S2. The lowest BCUT2D eigenvalue weighted by molar-refractivity contribution is 0.425. The van der Waals surface area contributed by atoms with Gasteiger partial charge in [0.2, 0.25) is 0 Å². The molecule has 0 amide bonds. The largest absolute Gasteiger partial charge is 0.383 e. The third kappa shape index (κ3) is 12.5. The van der Waals surface area contributed by atoms with Crippen molar-refractivity contribution in [1.82, 2.24) is 4.90 Å².